The van der Waals surface area contributed by atoms with Gasteiger partial charge >= 0.3 is 5.97 Å². The molecule has 1 atom stereocenters. The molecule has 0 amide bonds. The molecule has 0 aromatic heterocycles. The number of aliphatic carboxylic acids is 1. The second kappa shape index (κ2) is 4.54. The van der Waals surface area contributed by atoms with Crippen molar-refractivity contribution in [3.05, 3.63) is 39.9 Å². The lowest BCUT2D eigenvalue weighted by Crippen LogP contribution is -2.10. The Morgan fingerprint density at radius 2 is 2.27 bits per heavy atom. The summed E-state index contributed by atoms with van der Waals surface area (Å²) in [5, 5.41) is 19.4. The number of rotatable bonds is 4. The third-order valence-corrected chi connectivity index (χ3v) is 2.19. The van der Waals surface area contributed by atoms with E-state index in [9.17, 15) is 14.9 Å². The molecule has 15 heavy (non-hydrogen) atoms. The Morgan fingerprint density at radius 3 is 2.73 bits per heavy atom. The fourth-order valence-corrected chi connectivity index (χ4v) is 1.41. The van der Waals surface area contributed by atoms with E-state index in [2.05, 4.69) is 0 Å². The molecule has 0 bridgehead atoms. The van der Waals surface area contributed by atoms with Gasteiger partial charge in [0.2, 0.25) is 0 Å². The maximum Gasteiger partial charge on any atom is 0.310 e. The van der Waals surface area contributed by atoms with Gasteiger partial charge in [-0.1, -0.05) is 19.1 Å². The van der Waals surface area contributed by atoms with Crippen LogP contribution < -0.4 is 0 Å². The molecule has 0 heterocycles. The Hall–Kier alpha value is -1.91. The topological polar surface area (TPSA) is 80.4 Å². The fourth-order valence-electron chi connectivity index (χ4n) is 1.41. The first-order valence-corrected chi connectivity index (χ1v) is 4.53. The van der Waals surface area contributed by atoms with Gasteiger partial charge in [0.1, 0.15) is 0 Å². The summed E-state index contributed by atoms with van der Waals surface area (Å²) in [6.45, 7) is 1.73. The van der Waals surface area contributed by atoms with Gasteiger partial charge in [-0.05, 0) is 12.0 Å². The number of nitrogens with zero attached hydrogens (tertiary/aromatic N) is 1. The van der Waals surface area contributed by atoms with Gasteiger partial charge < -0.3 is 5.11 Å². The molecule has 5 nitrogen and oxygen atoms in total. The Bertz CT molecular complexity index is 389. The molecular weight excluding hydrogens is 198 g/mol. The van der Waals surface area contributed by atoms with Crippen molar-refractivity contribution in [2.24, 2.45) is 0 Å². The molecule has 0 aliphatic rings. The molecule has 1 aromatic carbocycles. The summed E-state index contributed by atoms with van der Waals surface area (Å²) in [7, 11) is 0. The van der Waals surface area contributed by atoms with Crippen molar-refractivity contribution in [2.45, 2.75) is 19.3 Å². The van der Waals surface area contributed by atoms with Crippen LogP contribution >= 0.6 is 0 Å². The molecule has 80 valence electrons. The van der Waals surface area contributed by atoms with E-state index < -0.39 is 16.8 Å². The summed E-state index contributed by atoms with van der Waals surface area (Å²) in [6, 6.07) is 5.74. The molecule has 0 aliphatic carbocycles. The minimum Gasteiger partial charge on any atom is -0.481 e. The zero-order valence-electron chi connectivity index (χ0n) is 8.21. The third-order valence-electron chi connectivity index (χ3n) is 2.19. The van der Waals surface area contributed by atoms with Crippen LogP contribution in [0, 0.1) is 10.1 Å². The molecule has 0 spiro atoms. The number of carbonyl (C=O) groups is 1. The lowest BCUT2D eigenvalue weighted by atomic mass is 9.96. The van der Waals surface area contributed by atoms with Crippen LogP contribution in [0.15, 0.2) is 24.3 Å². The average molecular weight is 209 g/mol. The number of hydrogen-bond donors (Lipinski definition) is 1. The Labute approximate surface area is 86.5 Å². The van der Waals surface area contributed by atoms with Crippen molar-refractivity contribution in [1.29, 1.82) is 0 Å². The largest absolute Gasteiger partial charge is 0.481 e. The molecule has 0 fully saturated rings. The number of nitro benzene ring substituents is 1. The van der Waals surface area contributed by atoms with Crippen LogP contribution in [0.4, 0.5) is 5.69 Å². The molecule has 0 radical (unpaired) electrons. The van der Waals surface area contributed by atoms with Crippen LogP contribution in [-0.4, -0.2) is 16.0 Å². The predicted molar refractivity (Wildman–Crippen MR) is 53.8 cm³/mol. The van der Waals surface area contributed by atoms with Gasteiger partial charge in [-0.25, -0.2) is 0 Å². The van der Waals surface area contributed by atoms with Crippen molar-refractivity contribution in [2.75, 3.05) is 0 Å². The Kier molecular flexibility index (Phi) is 3.38. The lowest BCUT2D eigenvalue weighted by molar-refractivity contribution is -0.384. The van der Waals surface area contributed by atoms with Crippen molar-refractivity contribution >= 4 is 11.7 Å². The van der Waals surface area contributed by atoms with Crippen LogP contribution in [0.3, 0.4) is 0 Å². The summed E-state index contributed by atoms with van der Waals surface area (Å²) in [5.41, 5.74) is 0.395. The van der Waals surface area contributed by atoms with E-state index in [1.165, 1.54) is 18.2 Å². The monoisotopic (exact) mass is 209 g/mol. The molecule has 0 saturated heterocycles. The highest BCUT2D eigenvalue weighted by atomic mass is 16.6. The molecule has 1 unspecified atom stereocenters. The van der Waals surface area contributed by atoms with E-state index in [0.717, 1.165) is 0 Å². The van der Waals surface area contributed by atoms with E-state index in [1.807, 2.05) is 0 Å². The van der Waals surface area contributed by atoms with Crippen molar-refractivity contribution < 1.29 is 14.8 Å². The highest BCUT2D eigenvalue weighted by Gasteiger charge is 2.19. The summed E-state index contributed by atoms with van der Waals surface area (Å²) in [5.74, 6) is -1.64. The SMILES string of the molecule is CCC(C(=O)O)c1cccc([N+](=O)[O-])c1. The molecule has 1 aromatic rings. The summed E-state index contributed by atoms with van der Waals surface area (Å²) < 4.78 is 0. The number of non-ortho nitro benzene ring substituents is 1. The fraction of sp³-hybridized carbons (Fsp3) is 0.300. The smallest absolute Gasteiger partial charge is 0.310 e. The van der Waals surface area contributed by atoms with Crippen molar-refractivity contribution in [3.8, 4) is 0 Å². The number of hydrogen-bond acceptors (Lipinski definition) is 3. The second-order valence-corrected chi connectivity index (χ2v) is 3.15. The minimum absolute atomic E-state index is 0.0767. The number of benzene rings is 1. The van der Waals surface area contributed by atoms with Crippen molar-refractivity contribution in [3.63, 3.8) is 0 Å². The van der Waals surface area contributed by atoms with E-state index in [-0.39, 0.29) is 5.69 Å². The molecule has 5 heteroatoms. The first-order chi connectivity index (χ1) is 7.06. The normalized spacial score (nSPS) is 12.1. The van der Waals surface area contributed by atoms with Crippen LogP contribution in [0.25, 0.3) is 0 Å². The molecule has 1 rings (SSSR count). The molecule has 0 saturated carbocycles. The van der Waals surface area contributed by atoms with Gasteiger partial charge in [-0.3, -0.25) is 14.9 Å². The number of carboxylic acid groups (broad SMARTS) is 1. The van der Waals surface area contributed by atoms with Gasteiger partial charge in [-0.2, -0.15) is 0 Å². The van der Waals surface area contributed by atoms with Gasteiger partial charge in [0, 0.05) is 12.1 Å². The van der Waals surface area contributed by atoms with Crippen LogP contribution in [0.2, 0.25) is 0 Å². The van der Waals surface area contributed by atoms with E-state index in [4.69, 9.17) is 5.11 Å². The molecule has 1 N–H and O–H groups in total. The Morgan fingerprint density at radius 1 is 1.60 bits per heavy atom. The maximum absolute atomic E-state index is 10.8. The van der Waals surface area contributed by atoms with Gasteiger partial charge in [0.05, 0.1) is 10.8 Å². The molecule has 0 aliphatic heterocycles. The summed E-state index contributed by atoms with van der Waals surface area (Å²) in [4.78, 5) is 20.8. The van der Waals surface area contributed by atoms with Gasteiger partial charge in [0.25, 0.3) is 5.69 Å². The standard InChI is InChI=1S/C10H11NO4/c1-2-9(10(12)13)7-4-3-5-8(6-7)11(14)15/h3-6,9H,2H2,1H3,(H,12,13). The number of nitro groups is 1. The van der Waals surface area contributed by atoms with E-state index in [0.29, 0.717) is 12.0 Å². The van der Waals surface area contributed by atoms with Crippen LogP contribution in [0.5, 0.6) is 0 Å². The van der Waals surface area contributed by atoms with Gasteiger partial charge in [0.15, 0.2) is 0 Å². The van der Waals surface area contributed by atoms with Crippen molar-refractivity contribution in [1.82, 2.24) is 0 Å². The van der Waals surface area contributed by atoms with E-state index >= 15 is 0 Å². The van der Waals surface area contributed by atoms with Crippen LogP contribution in [-0.2, 0) is 4.79 Å². The average Bonchev–Trinajstić information content (AvgIpc) is 2.18. The van der Waals surface area contributed by atoms with Gasteiger partial charge in [-0.15, -0.1) is 0 Å². The predicted octanol–water partition coefficient (Wildman–Crippen LogP) is 2.17. The highest BCUT2D eigenvalue weighted by Crippen LogP contribution is 2.23. The summed E-state index contributed by atoms with van der Waals surface area (Å²) in [6.07, 6.45) is 0.413. The third kappa shape index (κ3) is 2.52. The first kappa shape index (κ1) is 11.2. The van der Waals surface area contributed by atoms with E-state index in [1.54, 1.807) is 13.0 Å². The lowest BCUT2D eigenvalue weighted by Gasteiger charge is -2.09. The maximum atomic E-state index is 10.8. The summed E-state index contributed by atoms with van der Waals surface area (Å²) >= 11 is 0. The number of carboxylic acids is 1. The van der Waals surface area contributed by atoms with Crippen LogP contribution in [0.1, 0.15) is 24.8 Å². The molecular formula is C10H11NO4. The second-order valence-electron chi connectivity index (χ2n) is 3.15. The Balaban J connectivity index is 3.08. The quantitative estimate of drug-likeness (QED) is 0.608. The zero-order valence-corrected chi connectivity index (χ0v) is 8.21. The highest BCUT2D eigenvalue weighted by molar-refractivity contribution is 5.76. The zero-order chi connectivity index (χ0) is 11.4. The first-order valence-electron chi connectivity index (χ1n) is 4.53. The minimum atomic E-state index is -0.960.